The van der Waals surface area contributed by atoms with Crippen molar-refractivity contribution < 1.29 is 4.79 Å². The Morgan fingerprint density at radius 3 is 2.52 bits per heavy atom. The normalized spacial score (nSPS) is 18.6. The van der Waals surface area contributed by atoms with E-state index >= 15 is 0 Å². The van der Waals surface area contributed by atoms with Crippen LogP contribution in [0.4, 0.5) is 0 Å². The average molecular weight is 390 g/mol. The van der Waals surface area contributed by atoms with E-state index in [4.69, 9.17) is 5.73 Å². The van der Waals surface area contributed by atoms with E-state index in [-0.39, 0.29) is 36.8 Å². The van der Waals surface area contributed by atoms with Gasteiger partial charge in [-0.2, -0.15) is 0 Å². The van der Waals surface area contributed by atoms with Crippen molar-refractivity contribution in [3.05, 3.63) is 35.4 Å². The summed E-state index contributed by atoms with van der Waals surface area (Å²) in [6, 6.07) is 8.69. The summed E-state index contributed by atoms with van der Waals surface area (Å²) in [5, 5.41) is 2.96. The van der Waals surface area contributed by atoms with Crippen LogP contribution in [0.15, 0.2) is 24.3 Å². The van der Waals surface area contributed by atoms with Crippen LogP contribution >= 0.6 is 24.8 Å². The Morgan fingerprint density at radius 2 is 1.92 bits per heavy atom. The van der Waals surface area contributed by atoms with Gasteiger partial charge in [0.15, 0.2) is 0 Å². The molecule has 3 N–H and O–H groups in total. The van der Waals surface area contributed by atoms with Gasteiger partial charge in [-0.1, -0.05) is 31.2 Å². The van der Waals surface area contributed by atoms with Crippen molar-refractivity contribution in [2.45, 2.75) is 58.7 Å². The fourth-order valence-corrected chi connectivity index (χ4v) is 3.10. The van der Waals surface area contributed by atoms with Crippen LogP contribution in [-0.2, 0) is 17.9 Å². The zero-order chi connectivity index (χ0) is 16.7. The average Bonchev–Trinajstić information content (AvgIpc) is 2.52. The van der Waals surface area contributed by atoms with Crippen LogP contribution < -0.4 is 11.1 Å². The first-order chi connectivity index (χ1) is 11.0. The number of carbonyl (C=O) groups is 1. The highest BCUT2D eigenvalue weighted by Gasteiger charge is 2.16. The lowest BCUT2D eigenvalue weighted by Gasteiger charge is -2.30. The standard InChI is InChI=1S/C19H31N3O.2ClH/c1-15-4-3-11-22(13-15)14-18-8-6-17(7-9-18)12-21-19(23)10-5-16(2)20;;/h6-9,15-16H,3-5,10-14,20H2,1-2H3,(H,21,23);2*1H. The van der Waals surface area contributed by atoms with Crippen molar-refractivity contribution in [2.24, 2.45) is 11.7 Å². The first-order valence-corrected chi connectivity index (χ1v) is 8.85. The van der Waals surface area contributed by atoms with Gasteiger partial charge in [-0.15, -0.1) is 24.8 Å². The number of halogens is 2. The number of nitrogens with zero attached hydrogens (tertiary/aromatic N) is 1. The maximum absolute atomic E-state index is 11.7. The third-order valence-electron chi connectivity index (χ3n) is 4.49. The maximum atomic E-state index is 11.7. The minimum atomic E-state index is 0. The lowest BCUT2D eigenvalue weighted by Crippen LogP contribution is -2.33. The monoisotopic (exact) mass is 389 g/mol. The molecule has 1 aliphatic rings. The van der Waals surface area contributed by atoms with Crippen LogP contribution in [0.25, 0.3) is 0 Å². The molecule has 1 fully saturated rings. The number of hydrogen-bond acceptors (Lipinski definition) is 3. The Morgan fingerprint density at radius 1 is 1.28 bits per heavy atom. The van der Waals surface area contributed by atoms with Crippen molar-refractivity contribution in [3.8, 4) is 0 Å². The van der Waals surface area contributed by atoms with Crippen molar-refractivity contribution in [1.29, 1.82) is 0 Å². The molecule has 1 amide bonds. The summed E-state index contributed by atoms with van der Waals surface area (Å²) in [7, 11) is 0. The van der Waals surface area contributed by atoms with Crippen LogP contribution in [0.1, 0.15) is 50.7 Å². The molecule has 144 valence electrons. The Bertz CT molecular complexity index is 494. The molecule has 4 nitrogen and oxygen atoms in total. The number of hydrogen-bond donors (Lipinski definition) is 2. The van der Waals surface area contributed by atoms with Crippen molar-refractivity contribution in [1.82, 2.24) is 10.2 Å². The predicted molar refractivity (Wildman–Crippen MR) is 109 cm³/mol. The molecule has 1 heterocycles. The maximum Gasteiger partial charge on any atom is 0.220 e. The van der Waals surface area contributed by atoms with Crippen LogP contribution in [0.2, 0.25) is 0 Å². The second kappa shape index (κ2) is 12.5. The molecule has 0 aliphatic carbocycles. The molecule has 2 rings (SSSR count). The molecular weight excluding hydrogens is 357 g/mol. The summed E-state index contributed by atoms with van der Waals surface area (Å²) in [6.07, 6.45) is 3.91. The van der Waals surface area contributed by atoms with Gasteiger partial charge in [0.05, 0.1) is 0 Å². The van der Waals surface area contributed by atoms with Gasteiger partial charge in [0.25, 0.3) is 0 Å². The molecule has 1 aliphatic heterocycles. The van der Waals surface area contributed by atoms with Gasteiger partial charge in [0, 0.05) is 32.1 Å². The topological polar surface area (TPSA) is 58.4 Å². The smallest absolute Gasteiger partial charge is 0.220 e. The number of nitrogens with one attached hydrogen (secondary N) is 1. The molecule has 6 heteroatoms. The van der Waals surface area contributed by atoms with E-state index in [0.29, 0.717) is 13.0 Å². The minimum Gasteiger partial charge on any atom is -0.352 e. The van der Waals surface area contributed by atoms with Crippen LogP contribution in [0.5, 0.6) is 0 Å². The highest BCUT2D eigenvalue weighted by atomic mass is 35.5. The summed E-state index contributed by atoms with van der Waals surface area (Å²) >= 11 is 0. The quantitative estimate of drug-likeness (QED) is 0.749. The lowest BCUT2D eigenvalue weighted by atomic mass is 9.99. The lowest BCUT2D eigenvalue weighted by molar-refractivity contribution is -0.121. The van der Waals surface area contributed by atoms with Gasteiger partial charge in [0.1, 0.15) is 0 Å². The number of nitrogens with two attached hydrogens (primary N) is 1. The second-order valence-corrected chi connectivity index (χ2v) is 7.09. The first-order valence-electron chi connectivity index (χ1n) is 8.85. The fraction of sp³-hybridized carbons (Fsp3) is 0.632. The van der Waals surface area contributed by atoms with E-state index in [1.165, 1.54) is 31.5 Å². The Labute approximate surface area is 164 Å². The molecular formula is C19H33Cl2N3O. The van der Waals surface area contributed by atoms with E-state index in [1.807, 2.05) is 6.92 Å². The summed E-state index contributed by atoms with van der Waals surface area (Å²) in [5.41, 5.74) is 8.17. The van der Waals surface area contributed by atoms with Gasteiger partial charge >= 0.3 is 0 Å². The third kappa shape index (κ3) is 9.45. The molecule has 2 atom stereocenters. The number of benzene rings is 1. The van der Waals surface area contributed by atoms with E-state index in [1.54, 1.807) is 0 Å². The predicted octanol–water partition coefficient (Wildman–Crippen LogP) is 3.51. The second-order valence-electron chi connectivity index (χ2n) is 7.09. The van der Waals surface area contributed by atoms with E-state index in [9.17, 15) is 4.79 Å². The number of amides is 1. The molecule has 1 aromatic rings. The molecule has 25 heavy (non-hydrogen) atoms. The first kappa shape index (κ1) is 24.2. The van der Waals surface area contributed by atoms with Crippen molar-refractivity contribution in [2.75, 3.05) is 13.1 Å². The summed E-state index contributed by atoms with van der Waals surface area (Å²) in [5.74, 6) is 0.892. The minimum absolute atomic E-state index is 0. The Kier molecular flexibility index (Phi) is 12.1. The zero-order valence-corrected chi connectivity index (χ0v) is 17.0. The fourth-order valence-electron chi connectivity index (χ4n) is 3.10. The zero-order valence-electron chi connectivity index (χ0n) is 15.4. The van der Waals surface area contributed by atoms with Crippen LogP contribution in [0.3, 0.4) is 0 Å². The van der Waals surface area contributed by atoms with Crippen molar-refractivity contribution >= 4 is 30.7 Å². The van der Waals surface area contributed by atoms with Crippen molar-refractivity contribution in [3.63, 3.8) is 0 Å². The SMILES string of the molecule is CC(N)CCC(=O)NCc1ccc(CN2CCCC(C)C2)cc1.Cl.Cl. The van der Waals surface area contributed by atoms with Crippen LogP contribution in [0, 0.1) is 5.92 Å². The number of piperidine rings is 1. The molecule has 0 bridgehead atoms. The Balaban J connectivity index is 0.00000288. The highest BCUT2D eigenvalue weighted by Crippen LogP contribution is 2.18. The third-order valence-corrected chi connectivity index (χ3v) is 4.49. The largest absolute Gasteiger partial charge is 0.352 e. The highest BCUT2D eigenvalue weighted by molar-refractivity contribution is 5.85. The van der Waals surface area contributed by atoms with Gasteiger partial charge in [-0.25, -0.2) is 0 Å². The molecule has 0 saturated carbocycles. The molecule has 1 aromatic carbocycles. The molecule has 2 unspecified atom stereocenters. The molecule has 0 spiro atoms. The van der Waals surface area contributed by atoms with E-state index in [0.717, 1.165) is 24.4 Å². The summed E-state index contributed by atoms with van der Waals surface area (Å²) in [6.45, 7) is 8.31. The van der Waals surface area contributed by atoms with Gasteiger partial charge in [0.2, 0.25) is 5.91 Å². The molecule has 0 aromatic heterocycles. The number of carbonyl (C=O) groups excluding carboxylic acids is 1. The van der Waals surface area contributed by atoms with Gasteiger partial charge < -0.3 is 11.1 Å². The van der Waals surface area contributed by atoms with E-state index < -0.39 is 0 Å². The molecule has 1 saturated heterocycles. The Hall–Kier alpha value is -0.810. The summed E-state index contributed by atoms with van der Waals surface area (Å²) < 4.78 is 0. The number of rotatable bonds is 7. The summed E-state index contributed by atoms with van der Waals surface area (Å²) in [4.78, 5) is 14.2. The van der Waals surface area contributed by atoms with E-state index in [2.05, 4.69) is 41.4 Å². The van der Waals surface area contributed by atoms with Gasteiger partial charge in [-0.05, 0) is 49.8 Å². The molecule has 0 radical (unpaired) electrons. The van der Waals surface area contributed by atoms with Gasteiger partial charge in [-0.3, -0.25) is 9.69 Å². The number of likely N-dealkylation sites (tertiary alicyclic amines) is 1. The van der Waals surface area contributed by atoms with Crippen LogP contribution in [-0.4, -0.2) is 29.9 Å².